The minimum Gasteiger partial charge on any atom is -0.458 e. The van der Waals surface area contributed by atoms with Crippen molar-refractivity contribution >= 4 is 22.5 Å². The standard InChI is InChI=1S/C22H24N4O2/c1-15-13-16(2)24-21(23-15)28-18-9-6-12-26(14-18)22(27)25-20-11-5-8-17-7-3-4-10-19(17)20/h3-5,7-8,10-11,13,18H,6,9,12,14H2,1-2H3,(H,25,27). The predicted octanol–water partition coefficient (Wildman–Crippen LogP) is 4.32. The van der Waals surface area contributed by atoms with Crippen LogP contribution in [0.25, 0.3) is 10.8 Å². The van der Waals surface area contributed by atoms with Crippen molar-refractivity contribution in [3.63, 3.8) is 0 Å². The summed E-state index contributed by atoms with van der Waals surface area (Å²) in [7, 11) is 0. The number of hydrogen-bond acceptors (Lipinski definition) is 4. The summed E-state index contributed by atoms with van der Waals surface area (Å²) in [4.78, 5) is 23.3. The number of rotatable bonds is 3. The van der Waals surface area contributed by atoms with Crippen molar-refractivity contribution in [3.8, 4) is 6.01 Å². The first-order valence-electron chi connectivity index (χ1n) is 9.61. The number of nitrogens with zero attached hydrogens (tertiary/aromatic N) is 3. The number of benzene rings is 2. The van der Waals surface area contributed by atoms with E-state index >= 15 is 0 Å². The smallest absolute Gasteiger partial charge is 0.321 e. The number of amides is 2. The number of carbonyl (C=O) groups excluding carboxylic acids is 1. The fourth-order valence-corrected chi connectivity index (χ4v) is 3.64. The minimum absolute atomic E-state index is 0.104. The van der Waals surface area contributed by atoms with Gasteiger partial charge in [0.15, 0.2) is 0 Å². The van der Waals surface area contributed by atoms with Gasteiger partial charge in [0.05, 0.1) is 12.2 Å². The first-order valence-corrected chi connectivity index (χ1v) is 9.61. The maximum atomic E-state index is 12.8. The third-order valence-corrected chi connectivity index (χ3v) is 4.93. The van der Waals surface area contributed by atoms with Gasteiger partial charge in [-0.1, -0.05) is 36.4 Å². The second-order valence-corrected chi connectivity index (χ2v) is 7.22. The number of likely N-dealkylation sites (tertiary alicyclic amines) is 1. The summed E-state index contributed by atoms with van der Waals surface area (Å²) in [6.07, 6.45) is 1.67. The van der Waals surface area contributed by atoms with E-state index in [1.165, 1.54) is 0 Å². The molecule has 0 bridgehead atoms. The van der Waals surface area contributed by atoms with Gasteiger partial charge in [0, 0.05) is 23.3 Å². The van der Waals surface area contributed by atoms with Gasteiger partial charge in [0.25, 0.3) is 0 Å². The fraction of sp³-hybridized carbons (Fsp3) is 0.318. The summed E-state index contributed by atoms with van der Waals surface area (Å²) in [6.45, 7) is 5.08. The Hall–Kier alpha value is -3.15. The van der Waals surface area contributed by atoms with Crippen molar-refractivity contribution in [1.29, 1.82) is 0 Å². The van der Waals surface area contributed by atoms with Gasteiger partial charge in [-0.2, -0.15) is 0 Å². The molecule has 1 unspecified atom stereocenters. The van der Waals surface area contributed by atoms with Crippen molar-refractivity contribution in [2.24, 2.45) is 0 Å². The summed E-state index contributed by atoms with van der Waals surface area (Å²) < 4.78 is 5.97. The highest BCUT2D eigenvalue weighted by molar-refractivity contribution is 6.01. The fourth-order valence-electron chi connectivity index (χ4n) is 3.64. The molecule has 1 fully saturated rings. The quantitative estimate of drug-likeness (QED) is 0.739. The van der Waals surface area contributed by atoms with Crippen LogP contribution in [0.15, 0.2) is 48.5 Å². The molecular formula is C22H24N4O2. The average Bonchev–Trinajstić information content (AvgIpc) is 2.68. The molecule has 0 saturated carbocycles. The number of aromatic nitrogens is 2. The van der Waals surface area contributed by atoms with E-state index in [9.17, 15) is 4.79 Å². The second kappa shape index (κ2) is 7.84. The molecule has 2 amide bonds. The molecular weight excluding hydrogens is 352 g/mol. The number of anilines is 1. The van der Waals surface area contributed by atoms with E-state index in [2.05, 4.69) is 15.3 Å². The summed E-state index contributed by atoms with van der Waals surface area (Å²) in [5.74, 6) is 0. The molecule has 4 rings (SSSR count). The number of hydrogen-bond donors (Lipinski definition) is 1. The summed E-state index contributed by atoms with van der Waals surface area (Å²) in [5, 5.41) is 5.20. The molecule has 1 atom stereocenters. The van der Waals surface area contributed by atoms with Gasteiger partial charge in [-0.15, -0.1) is 0 Å². The van der Waals surface area contributed by atoms with Crippen molar-refractivity contribution in [2.45, 2.75) is 32.8 Å². The number of aryl methyl sites for hydroxylation is 2. The van der Waals surface area contributed by atoms with Crippen LogP contribution in [-0.2, 0) is 0 Å². The van der Waals surface area contributed by atoms with Crippen LogP contribution in [0, 0.1) is 13.8 Å². The summed E-state index contributed by atoms with van der Waals surface area (Å²) in [6, 6.07) is 16.2. The van der Waals surface area contributed by atoms with Crippen LogP contribution in [0.2, 0.25) is 0 Å². The number of fused-ring (bicyclic) bond motifs is 1. The van der Waals surface area contributed by atoms with E-state index in [-0.39, 0.29) is 12.1 Å². The van der Waals surface area contributed by atoms with E-state index in [4.69, 9.17) is 4.74 Å². The number of nitrogens with one attached hydrogen (secondary N) is 1. The Bertz CT molecular complexity index is 979. The molecule has 1 aliphatic heterocycles. The van der Waals surface area contributed by atoms with Gasteiger partial charge >= 0.3 is 12.0 Å². The van der Waals surface area contributed by atoms with Crippen molar-refractivity contribution < 1.29 is 9.53 Å². The Balaban J connectivity index is 1.44. The SMILES string of the molecule is Cc1cc(C)nc(OC2CCCN(C(=O)Nc3cccc4ccccc34)C2)n1. The maximum Gasteiger partial charge on any atom is 0.321 e. The first kappa shape index (κ1) is 18.2. The van der Waals surface area contributed by atoms with Crippen molar-refractivity contribution in [3.05, 3.63) is 59.9 Å². The Morgan fingerprint density at radius 2 is 1.86 bits per heavy atom. The molecule has 2 heterocycles. The first-order chi connectivity index (χ1) is 13.6. The lowest BCUT2D eigenvalue weighted by Crippen LogP contribution is -2.46. The van der Waals surface area contributed by atoms with Gasteiger partial charge in [-0.05, 0) is 44.2 Å². The molecule has 28 heavy (non-hydrogen) atoms. The number of carbonyl (C=O) groups is 1. The average molecular weight is 376 g/mol. The summed E-state index contributed by atoms with van der Waals surface area (Å²) >= 11 is 0. The van der Waals surface area contributed by atoms with E-state index < -0.39 is 0 Å². The lowest BCUT2D eigenvalue weighted by atomic mass is 10.1. The highest BCUT2D eigenvalue weighted by atomic mass is 16.5. The summed E-state index contributed by atoms with van der Waals surface area (Å²) in [5.41, 5.74) is 2.58. The zero-order valence-corrected chi connectivity index (χ0v) is 16.2. The van der Waals surface area contributed by atoms with Crippen LogP contribution >= 0.6 is 0 Å². The van der Waals surface area contributed by atoms with Gasteiger partial charge < -0.3 is 15.0 Å². The maximum absolute atomic E-state index is 12.8. The molecule has 6 nitrogen and oxygen atoms in total. The van der Waals surface area contributed by atoms with E-state index in [0.29, 0.717) is 19.1 Å². The topological polar surface area (TPSA) is 67.3 Å². The predicted molar refractivity (Wildman–Crippen MR) is 110 cm³/mol. The molecule has 0 aliphatic carbocycles. The van der Waals surface area contributed by atoms with Gasteiger partial charge in [-0.3, -0.25) is 0 Å². The zero-order chi connectivity index (χ0) is 19.5. The zero-order valence-electron chi connectivity index (χ0n) is 16.2. The second-order valence-electron chi connectivity index (χ2n) is 7.22. The molecule has 1 saturated heterocycles. The molecule has 1 N–H and O–H groups in total. The van der Waals surface area contributed by atoms with Crippen LogP contribution in [0.3, 0.4) is 0 Å². The molecule has 1 aromatic heterocycles. The van der Waals surface area contributed by atoms with Crippen LogP contribution in [0.4, 0.5) is 10.5 Å². The number of piperidine rings is 1. The van der Waals surface area contributed by atoms with Crippen LogP contribution < -0.4 is 10.1 Å². The largest absolute Gasteiger partial charge is 0.458 e. The highest BCUT2D eigenvalue weighted by Gasteiger charge is 2.26. The number of ether oxygens (including phenoxy) is 1. The van der Waals surface area contributed by atoms with E-state index in [0.717, 1.165) is 40.7 Å². The molecule has 0 radical (unpaired) electrons. The Morgan fingerprint density at radius 3 is 2.68 bits per heavy atom. The van der Waals surface area contributed by atoms with Gasteiger partial charge in [0.1, 0.15) is 6.10 Å². The molecule has 144 valence electrons. The Labute approximate surface area is 164 Å². The molecule has 0 spiro atoms. The van der Waals surface area contributed by atoms with Crippen LogP contribution in [0.5, 0.6) is 6.01 Å². The monoisotopic (exact) mass is 376 g/mol. The molecule has 3 aromatic rings. The Kier molecular flexibility index (Phi) is 5.10. The normalized spacial score (nSPS) is 16.8. The Morgan fingerprint density at radius 1 is 1.11 bits per heavy atom. The molecule has 1 aliphatic rings. The minimum atomic E-state index is -0.106. The van der Waals surface area contributed by atoms with Gasteiger partial charge in [0.2, 0.25) is 0 Å². The molecule has 6 heteroatoms. The van der Waals surface area contributed by atoms with Crippen molar-refractivity contribution in [2.75, 3.05) is 18.4 Å². The van der Waals surface area contributed by atoms with Gasteiger partial charge in [-0.25, -0.2) is 14.8 Å². The highest BCUT2D eigenvalue weighted by Crippen LogP contribution is 2.24. The lowest BCUT2D eigenvalue weighted by molar-refractivity contribution is 0.0980. The third kappa shape index (κ3) is 4.06. The third-order valence-electron chi connectivity index (χ3n) is 4.93. The van der Waals surface area contributed by atoms with Crippen LogP contribution in [-0.4, -0.2) is 40.1 Å². The van der Waals surface area contributed by atoms with Crippen LogP contribution in [0.1, 0.15) is 24.2 Å². The lowest BCUT2D eigenvalue weighted by Gasteiger charge is -2.32. The van der Waals surface area contributed by atoms with E-state index in [1.54, 1.807) is 4.90 Å². The van der Waals surface area contributed by atoms with Crippen molar-refractivity contribution in [1.82, 2.24) is 14.9 Å². The van der Waals surface area contributed by atoms with E-state index in [1.807, 2.05) is 62.4 Å². The molecule has 2 aromatic carbocycles. The number of urea groups is 1.